The summed E-state index contributed by atoms with van der Waals surface area (Å²) in [5.74, 6) is 0.684. The molecular weight excluding hydrogens is 422 g/mol. The zero-order valence-electron chi connectivity index (χ0n) is 20.5. The van der Waals surface area contributed by atoms with Crippen molar-refractivity contribution in [1.29, 1.82) is 0 Å². The number of hydrogen-bond acceptors (Lipinski definition) is 6. The molecule has 1 aliphatic heterocycles. The van der Waals surface area contributed by atoms with Crippen LogP contribution in [0.4, 0.5) is 0 Å². The molecule has 0 unspecified atom stereocenters. The third kappa shape index (κ3) is 2.86. The summed E-state index contributed by atoms with van der Waals surface area (Å²) in [6, 6.07) is 0. The molecule has 1 saturated heterocycles. The summed E-state index contributed by atoms with van der Waals surface area (Å²) in [5.41, 5.74) is 3.34. The Morgan fingerprint density at radius 3 is 2.39 bits per heavy atom. The maximum Gasteiger partial charge on any atom is 0.351 e. The number of hydrogen-bond donors (Lipinski definition) is 1. The van der Waals surface area contributed by atoms with Crippen molar-refractivity contribution in [2.45, 2.75) is 103 Å². The largest absolute Gasteiger partial charge is 0.463 e. The molecule has 4 aliphatic carbocycles. The first-order valence-electron chi connectivity index (χ1n) is 12.9. The fourth-order valence-electron chi connectivity index (χ4n) is 9.33. The van der Waals surface area contributed by atoms with E-state index >= 15 is 0 Å². The number of fused-ring (bicyclic) bond motifs is 6. The van der Waals surface area contributed by atoms with Gasteiger partial charge in [0.25, 0.3) is 11.5 Å². The number of rotatable bonds is 4. The lowest BCUT2D eigenvalue weighted by molar-refractivity contribution is -0.160. The summed E-state index contributed by atoms with van der Waals surface area (Å²) in [6.07, 6.45) is 9.02. The van der Waals surface area contributed by atoms with Crippen molar-refractivity contribution in [3.05, 3.63) is 0 Å². The monoisotopic (exact) mass is 461 g/mol. The van der Waals surface area contributed by atoms with Crippen LogP contribution in [0.3, 0.4) is 0 Å². The van der Waals surface area contributed by atoms with Gasteiger partial charge in [0.2, 0.25) is 0 Å². The Morgan fingerprint density at radius 1 is 1.00 bits per heavy atom. The molecule has 0 bridgehead atoms. The maximum absolute atomic E-state index is 12.9. The van der Waals surface area contributed by atoms with Gasteiger partial charge in [-0.2, -0.15) is 0 Å². The van der Waals surface area contributed by atoms with Gasteiger partial charge in [0.05, 0.1) is 6.61 Å². The minimum absolute atomic E-state index is 0.0568. The molecule has 5 fully saturated rings. The van der Waals surface area contributed by atoms with E-state index in [4.69, 9.17) is 19.9 Å². The Labute approximate surface area is 196 Å². The predicted octanol–water partition coefficient (Wildman–Crippen LogP) is 3.52. The molecule has 5 aliphatic rings. The topological polar surface area (TPSA) is 108 Å². The molecule has 184 valence electrons. The highest BCUT2D eigenvalue weighted by Crippen LogP contribution is 2.76. The molecule has 2 N–H and O–H groups in total. The van der Waals surface area contributed by atoms with E-state index in [2.05, 4.69) is 13.8 Å². The molecule has 0 aromatic heterocycles. The zero-order valence-corrected chi connectivity index (χ0v) is 20.5. The Hall–Kier alpha value is -1.63. The van der Waals surface area contributed by atoms with E-state index in [9.17, 15) is 14.4 Å². The highest BCUT2D eigenvalue weighted by atomic mass is 16.7. The molecular formula is C26H39NO6. The van der Waals surface area contributed by atoms with Crippen molar-refractivity contribution in [1.82, 2.24) is 0 Å². The van der Waals surface area contributed by atoms with Gasteiger partial charge in [0.1, 0.15) is 11.7 Å². The van der Waals surface area contributed by atoms with Crippen molar-refractivity contribution in [2.75, 3.05) is 6.61 Å². The van der Waals surface area contributed by atoms with Crippen molar-refractivity contribution in [3.8, 4) is 0 Å². The van der Waals surface area contributed by atoms with Crippen molar-refractivity contribution >= 4 is 17.8 Å². The number of nitrogens with two attached hydrogens (primary N) is 1. The molecule has 0 aromatic carbocycles. The fourth-order valence-corrected chi connectivity index (χ4v) is 9.33. The van der Waals surface area contributed by atoms with E-state index in [0.29, 0.717) is 30.1 Å². The minimum atomic E-state index is -1.62. The third-order valence-electron chi connectivity index (χ3n) is 10.8. The van der Waals surface area contributed by atoms with E-state index in [1.165, 1.54) is 6.92 Å². The summed E-state index contributed by atoms with van der Waals surface area (Å²) in [5, 5.41) is 0. The van der Waals surface area contributed by atoms with E-state index < -0.39 is 23.1 Å². The lowest BCUT2D eigenvalue weighted by Crippen LogP contribution is -2.57. The van der Waals surface area contributed by atoms with Crippen LogP contribution in [0.15, 0.2) is 0 Å². The molecule has 1 spiro atoms. The number of primary amides is 1. The Morgan fingerprint density at radius 2 is 1.73 bits per heavy atom. The highest BCUT2D eigenvalue weighted by molar-refractivity contribution is 6.10. The van der Waals surface area contributed by atoms with Crippen LogP contribution >= 0.6 is 0 Å². The van der Waals surface area contributed by atoms with Crippen LogP contribution in [-0.4, -0.2) is 41.8 Å². The second-order valence-corrected chi connectivity index (χ2v) is 11.9. The summed E-state index contributed by atoms with van der Waals surface area (Å²) >= 11 is 0. The Bertz CT molecular complexity index is 875. The first-order valence-corrected chi connectivity index (χ1v) is 12.9. The predicted molar refractivity (Wildman–Crippen MR) is 120 cm³/mol. The summed E-state index contributed by atoms with van der Waals surface area (Å²) in [4.78, 5) is 37.0. The van der Waals surface area contributed by atoms with E-state index in [1.54, 1.807) is 6.92 Å². The average Bonchev–Trinajstić information content (AvgIpc) is 3.36. The third-order valence-corrected chi connectivity index (χ3v) is 10.8. The fraction of sp³-hybridized carbons (Fsp3) is 0.885. The lowest BCUT2D eigenvalue weighted by atomic mass is 9.44. The minimum Gasteiger partial charge on any atom is -0.463 e. The average molecular weight is 462 g/mol. The Kier molecular flexibility index (Phi) is 5.21. The number of carbonyl (C=O) groups excluding carboxylic acids is 3. The number of ether oxygens (including phenoxy) is 3. The molecule has 0 radical (unpaired) electrons. The van der Waals surface area contributed by atoms with Crippen LogP contribution in [-0.2, 0) is 28.6 Å². The van der Waals surface area contributed by atoms with E-state index in [1.807, 2.05) is 0 Å². The number of amides is 1. The number of esters is 2. The molecule has 0 aromatic rings. The van der Waals surface area contributed by atoms with Gasteiger partial charge in [-0.1, -0.05) is 13.8 Å². The molecule has 33 heavy (non-hydrogen) atoms. The number of carbonyl (C=O) groups is 3. The Balaban J connectivity index is 1.39. The van der Waals surface area contributed by atoms with E-state index in [-0.39, 0.29) is 29.5 Å². The second kappa shape index (κ2) is 7.43. The standard InChI is InChI=1S/C26H39NO6/c1-5-31-22(30)26(21(27)29)25(33-26)13-10-20-18-7-6-16-14-17(32-15(2)28)8-11-23(16,3)19(18)9-12-24(20,25)4/h16-20H,5-14H2,1-4H3,(H2,27,29)/t16-,17-,18-,19+,20+,23-,24-,25+,26+/m0/s1. The smallest absolute Gasteiger partial charge is 0.351 e. The van der Waals surface area contributed by atoms with Crippen LogP contribution < -0.4 is 5.73 Å². The quantitative estimate of drug-likeness (QED) is 0.390. The first kappa shape index (κ1) is 23.1. The molecule has 1 heterocycles. The second-order valence-electron chi connectivity index (χ2n) is 11.9. The van der Waals surface area contributed by atoms with Crippen molar-refractivity contribution in [3.63, 3.8) is 0 Å². The van der Waals surface area contributed by atoms with Gasteiger partial charge in [0.15, 0.2) is 0 Å². The van der Waals surface area contributed by atoms with Crippen LogP contribution in [0.1, 0.15) is 85.5 Å². The number of epoxide rings is 1. The molecule has 9 atom stereocenters. The van der Waals surface area contributed by atoms with Crippen molar-refractivity contribution in [2.24, 2.45) is 40.2 Å². The molecule has 4 saturated carbocycles. The molecule has 1 amide bonds. The molecule has 5 rings (SSSR count). The summed E-state index contributed by atoms with van der Waals surface area (Å²) in [7, 11) is 0. The van der Waals surface area contributed by atoms with Gasteiger partial charge >= 0.3 is 11.9 Å². The first-order chi connectivity index (χ1) is 15.6. The van der Waals surface area contributed by atoms with Crippen LogP contribution in [0.2, 0.25) is 0 Å². The SMILES string of the molecule is CCOC(=O)[C@@]1(C(N)=O)O[C@@]12CC[C@@H]1[C@H]3CC[C@H]4C[C@@H](OC(C)=O)CC[C@]4(C)[C@@H]3CC[C@@]12C. The van der Waals surface area contributed by atoms with Gasteiger partial charge in [0, 0.05) is 12.3 Å². The summed E-state index contributed by atoms with van der Waals surface area (Å²) < 4.78 is 17.0. The van der Waals surface area contributed by atoms with Crippen LogP contribution in [0, 0.1) is 34.5 Å². The van der Waals surface area contributed by atoms with Gasteiger partial charge in [-0.05, 0) is 93.8 Å². The molecule has 7 heteroatoms. The van der Waals surface area contributed by atoms with Gasteiger partial charge in [-0.25, -0.2) is 4.79 Å². The lowest BCUT2D eigenvalue weighted by Gasteiger charge is -2.60. The highest BCUT2D eigenvalue weighted by Gasteiger charge is 2.88. The van der Waals surface area contributed by atoms with Gasteiger partial charge in [-0.15, -0.1) is 0 Å². The van der Waals surface area contributed by atoms with E-state index in [0.717, 1.165) is 51.4 Å². The van der Waals surface area contributed by atoms with Gasteiger partial charge in [-0.3, -0.25) is 9.59 Å². The molecule has 7 nitrogen and oxygen atoms in total. The van der Waals surface area contributed by atoms with Gasteiger partial charge < -0.3 is 19.9 Å². The maximum atomic E-state index is 12.9. The summed E-state index contributed by atoms with van der Waals surface area (Å²) in [6.45, 7) is 8.14. The van der Waals surface area contributed by atoms with Crippen molar-refractivity contribution < 1.29 is 28.6 Å². The zero-order chi connectivity index (χ0) is 23.8. The van der Waals surface area contributed by atoms with Crippen LogP contribution in [0.25, 0.3) is 0 Å². The normalized spacial score (nSPS) is 50.0. The van der Waals surface area contributed by atoms with Crippen LogP contribution in [0.5, 0.6) is 0 Å².